The zero-order valence-electron chi connectivity index (χ0n) is 10.5. The fourth-order valence-corrected chi connectivity index (χ4v) is 1.67. The van der Waals surface area contributed by atoms with Gasteiger partial charge in [0.1, 0.15) is 5.75 Å². The van der Waals surface area contributed by atoms with Crippen molar-refractivity contribution >= 4 is 34.6 Å². The number of thiocarbonyl (C=S) groups is 1. The molecule has 0 unspecified atom stereocenters. The number of hydrogen-bond donors (Lipinski definition) is 2. The van der Waals surface area contributed by atoms with Gasteiger partial charge in [0.25, 0.3) is 0 Å². The molecule has 0 radical (unpaired) electrons. The lowest BCUT2D eigenvalue weighted by atomic mass is 10.2. The summed E-state index contributed by atoms with van der Waals surface area (Å²) in [5.41, 5.74) is 0.605. The molecule has 0 aliphatic carbocycles. The van der Waals surface area contributed by atoms with E-state index in [9.17, 15) is 8.78 Å². The monoisotopic (exact) mass is 308 g/mol. The first-order valence-electron chi connectivity index (χ1n) is 5.67. The van der Waals surface area contributed by atoms with E-state index in [1.165, 1.54) is 12.1 Å². The minimum absolute atomic E-state index is 0.0664. The second-order valence-corrected chi connectivity index (χ2v) is 5.07. The van der Waals surface area contributed by atoms with E-state index in [0.717, 1.165) is 6.54 Å². The van der Waals surface area contributed by atoms with Crippen molar-refractivity contribution in [1.29, 1.82) is 0 Å². The minimum Gasteiger partial charge on any atom is -0.433 e. The predicted molar refractivity (Wildman–Crippen MR) is 77.1 cm³/mol. The maximum Gasteiger partial charge on any atom is 0.387 e. The molecule has 106 valence electrons. The summed E-state index contributed by atoms with van der Waals surface area (Å²) >= 11 is 10.9. The lowest BCUT2D eigenvalue weighted by Gasteiger charge is -2.13. The molecule has 0 fully saturated rings. The van der Waals surface area contributed by atoms with Crippen LogP contribution >= 0.6 is 23.8 Å². The molecule has 1 rings (SSSR count). The number of anilines is 1. The highest BCUT2D eigenvalue weighted by atomic mass is 35.5. The summed E-state index contributed by atoms with van der Waals surface area (Å²) in [6.07, 6.45) is 0. The molecule has 1 aromatic carbocycles. The standard InChI is InChI=1S/C12H15ClF2N2OS/c1-7(2)6-16-12(19)17-8-3-4-10(9(13)5-8)18-11(14)15/h3-5,7,11H,6H2,1-2H3,(H2,16,17,19). The Hall–Kier alpha value is -1.14. The molecule has 19 heavy (non-hydrogen) atoms. The SMILES string of the molecule is CC(C)CNC(=S)Nc1ccc(OC(F)F)c(Cl)c1. The van der Waals surface area contributed by atoms with Crippen molar-refractivity contribution in [2.24, 2.45) is 5.92 Å². The molecule has 0 heterocycles. The van der Waals surface area contributed by atoms with Crippen LogP contribution < -0.4 is 15.4 Å². The second kappa shape index (κ2) is 7.45. The smallest absolute Gasteiger partial charge is 0.387 e. The maximum atomic E-state index is 12.1. The van der Waals surface area contributed by atoms with Gasteiger partial charge in [0.05, 0.1) is 5.02 Å². The lowest BCUT2D eigenvalue weighted by Crippen LogP contribution is -2.31. The van der Waals surface area contributed by atoms with E-state index in [0.29, 0.717) is 16.7 Å². The molecule has 1 aromatic rings. The summed E-state index contributed by atoms with van der Waals surface area (Å²) in [4.78, 5) is 0. The third-order valence-corrected chi connectivity index (χ3v) is 2.62. The number of benzene rings is 1. The Morgan fingerprint density at radius 2 is 2.11 bits per heavy atom. The van der Waals surface area contributed by atoms with Crippen molar-refractivity contribution in [1.82, 2.24) is 5.32 Å². The van der Waals surface area contributed by atoms with Crippen molar-refractivity contribution in [2.75, 3.05) is 11.9 Å². The van der Waals surface area contributed by atoms with Crippen LogP contribution in [0.5, 0.6) is 5.75 Å². The highest BCUT2D eigenvalue weighted by molar-refractivity contribution is 7.80. The van der Waals surface area contributed by atoms with Crippen molar-refractivity contribution in [2.45, 2.75) is 20.5 Å². The Kier molecular flexibility index (Phi) is 6.24. The number of halogens is 3. The molecule has 0 saturated carbocycles. The maximum absolute atomic E-state index is 12.1. The van der Waals surface area contributed by atoms with Crippen molar-refractivity contribution in [3.8, 4) is 5.75 Å². The third-order valence-electron chi connectivity index (χ3n) is 2.08. The molecule has 0 amide bonds. The first-order valence-corrected chi connectivity index (χ1v) is 6.46. The first-order chi connectivity index (χ1) is 8.88. The van der Waals surface area contributed by atoms with Gasteiger partial charge in [0.15, 0.2) is 5.11 Å². The van der Waals surface area contributed by atoms with E-state index < -0.39 is 6.61 Å². The predicted octanol–water partition coefficient (Wildman–Crippen LogP) is 3.88. The minimum atomic E-state index is -2.90. The second-order valence-electron chi connectivity index (χ2n) is 4.25. The van der Waals surface area contributed by atoms with E-state index in [1.54, 1.807) is 6.07 Å². The highest BCUT2D eigenvalue weighted by Gasteiger charge is 2.09. The number of ether oxygens (including phenoxy) is 1. The molecular formula is C12H15ClF2N2OS. The van der Waals surface area contributed by atoms with E-state index in [-0.39, 0.29) is 10.8 Å². The van der Waals surface area contributed by atoms with Crippen LogP contribution in [0.3, 0.4) is 0 Å². The molecule has 0 aliphatic rings. The summed E-state index contributed by atoms with van der Waals surface area (Å²) in [5.74, 6) is 0.397. The van der Waals surface area contributed by atoms with Crippen LogP contribution in [0, 0.1) is 5.92 Å². The van der Waals surface area contributed by atoms with E-state index >= 15 is 0 Å². The Balaban J connectivity index is 2.60. The van der Waals surface area contributed by atoms with Gasteiger partial charge in [-0.25, -0.2) is 0 Å². The molecule has 0 bridgehead atoms. The van der Waals surface area contributed by atoms with Gasteiger partial charge in [-0.3, -0.25) is 0 Å². The molecule has 7 heteroatoms. The number of alkyl halides is 2. The van der Waals surface area contributed by atoms with Crippen LogP contribution in [0.1, 0.15) is 13.8 Å². The average molecular weight is 309 g/mol. The van der Waals surface area contributed by atoms with E-state index in [4.69, 9.17) is 23.8 Å². The topological polar surface area (TPSA) is 33.3 Å². The summed E-state index contributed by atoms with van der Waals surface area (Å²) < 4.78 is 28.4. The highest BCUT2D eigenvalue weighted by Crippen LogP contribution is 2.28. The summed E-state index contributed by atoms with van der Waals surface area (Å²) in [6, 6.07) is 4.40. The zero-order valence-corrected chi connectivity index (χ0v) is 12.1. The van der Waals surface area contributed by atoms with Crippen molar-refractivity contribution in [3.05, 3.63) is 23.2 Å². The van der Waals surface area contributed by atoms with Gasteiger partial charge in [-0.1, -0.05) is 25.4 Å². The lowest BCUT2D eigenvalue weighted by molar-refractivity contribution is -0.0497. The van der Waals surface area contributed by atoms with Gasteiger partial charge in [0, 0.05) is 12.2 Å². The fourth-order valence-electron chi connectivity index (χ4n) is 1.24. The normalized spacial score (nSPS) is 10.7. The van der Waals surface area contributed by atoms with Gasteiger partial charge >= 0.3 is 6.61 Å². The molecule has 0 saturated heterocycles. The van der Waals surface area contributed by atoms with Crippen LogP contribution in [-0.4, -0.2) is 18.3 Å². The molecule has 3 nitrogen and oxygen atoms in total. The largest absolute Gasteiger partial charge is 0.433 e. The van der Waals surface area contributed by atoms with Gasteiger partial charge in [-0.05, 0) is 36.3 Å². The average Bonchev–Trinajstić information content (AvgIpc) is 2.29. The first kappa shape index (κ1) is 15.9. The molecule has 0 aromatic heterocycles. The van der Waals surface area contributed by atoms with Crippen LogP contribution in [0.15, 0.2) is 18.2 Å². The van der Waals surface area contributed by atoms with Gasteiger partial charge in [0.2, 0.25) is 0 Å². The van der Waals surface area contributed by atoms with Crippen LogP contribution in [-0.2, 0) is 0 Å². The zero-order chi connectivity index (χ0) is 14.4. The Bertz CT molecular complexity index is 444. The number of nitrogens with one attached hydrogen (secondary N) is 2. The van der Waals surface area contributed by atoms with Gasteiger partial charge in [-0.2, -0.15) is 8.78 Å². The quantitative estimate of drug-likeness (QED) is 0.809. The summed E-state index contributed by atoms with van der Waals surface area (Å²) in [7, 11) is 0. The third kappa shape index (κ3) is 6.02. The van der Waals surface area contributed by atoms with Crippen LogP contribution in [0.25, 0.3) is 0 Å². The number of rotatable bonds is 5. The molecule has 0 aliphatic heterocycles. The van der Waals surface area contributed by atoms with Crippen molar-refractivity contribution in [3.63, 3.8) is 0 Å². The fraction of sp³-hybridized carbons (Fsp3) is 0.417. The molecule has 0 atom stereocenters. The Labute approximate surface area is 121 Å². The van der Waals surface area contributed by atoms with Crippen LogP contribution in [0.2, 0.25) is 5.02 Å². The molecular weight excluding hydrogens is 294 g/mol. The Morgan fingerprint density at radius 3 is 2.63 bits per heavy atom. The number of hydrogen-bond acceptors (Lipinski definition) is 2. The van der Waals surface area contributed by atoms with Gasteiger partial charge < -0.3 is 15.4 Å². The Morgan fingerprint density at radius 1 is 1.42 bits per heavy atom. The molecule has 2 N–H and O–H groups in total. The van der Waals surface area contributed by atoms with E-state index in [1.807, 2.05) is 0 Å². The van der Waals surface area contributed by atoms with Gasteiger partial charge in [-0.15, -0.1) is 0 Å². The summed E-state index contributed by atoms with van der Waals surface area (Å²) in [6.45, 7) is 1.96. The van der Waals surface area contributed by atoms with Crippen LogP contribution in [0.4, 0.5) is 14.5 Å². The summed E-state index contributed by atoms with van der Waals surface area (Å²) in [5, 5.41) is 6.48. The van der Waals surface area contributed by atoms with Crippen molar-refractivity contribution < 1.29 is 13.5 Å². The molecule has 0 spiro atoms. The van der Waals surface area contributed by atoms with E-state index in [2.05, 4.69) is 29.2 Å².